The van der Waals surface area contributed by atoms with Gasteiger partial charge in [0, 0.05) is 18.3 Å². The molecule has 0 spiro atoms. The van der Waals surface area contributed by atoms with Crippen molar-refractivity contribution < 1.29 is 5.11 Å². The van der Waals surface area contributed by atoms with E-state index >= 15 is 0 Å². The molecular formula is C16H27NOS. The van der Waals surface area contributed by atoms with Crippen molar-refractivity contribution >= 4 is 11.8 Å². The van der Waals surface area contributed by atoms with Gasteiger partial charge in [0.05, 0.1) is 6.10 Å². The summed E-state index contributed by atoms with van der Waals surface area (Å²) in [6.07, 6.45) is 2.93. The summed E-state index contributed by atoms with van der Waals surface area (Å²) in [7, 11) is 2.17. The first-order valence-corrected chi connectivity index (χ1v) is 8.41. The van der Waals surface area contributed by atoms with Gasteiger partial charge in [0.25, 0.3) is 0 Å². The third-order valence-corrected chi connectivity index (χ3v) is 4.43. The molecule has 3 heteroatoms. The van der Waals surface area contributed by atoms with Gasteiger partial charge in [0.1, 0.15) is 0 Å². The van der Waals surface area contributed by atoms with Crippen LogP contribution in [0.1, 0.15) is 31.9 Å². The van der Waals surface area contributed by atoms with Crippen LogP contribution in [0.15, 0.2) is 30.3 Å². The van der Waals surface area contributed by atoms with Crippen LogP contribution in [0.25, 0.3) is 0 Å². The summed E-state index contributed by atoms with van der Waals surface area (Å²) in [6, 6.07) is 10.6. The Morgan fingerprint density at radius 2 is 1.89 bits per heavy atom. The zero-order valence-electron chi connectivity index (χ0n) is 12.5. The highest BCUT2D eigenvalue weighted by atomic mass is 32.2. The van der Waals surface area contributed by atoms with Crippen LogP contribution in [0, 0.1) is 5.92 Å². The molecule has 0 radical (unpaired) electrons. The standard InChI is InChI=1S/C16H27NOS/c1-5-15(12-19-4)17(3)11-13(2)16(18)14-9-7-6-8-10-14/h6-10,13,15-16,18H,5,11-12H2,1-4H3. The smallest absolute Gasteiger partial charge is 0.0827 e. The van der Waals surface area contributed by atoms with Gasteiger partial charge in [-0.15, -0.1) is 0 Å². The van der Waals surface area contributed by atoms with Crippen molar-refractivity contribution in [2.24, 2.45) is 5.92 Å². The lowest BCUT2D eigenvalue weighted by Gasteiger charge is -2.31. The molecule has 2 nitrogen and oxygen atoms in total. The number of nitrogens with zero attached hydrogens (tertiary/aromatic N) is 1. The lowest BCUT2D eigenvalue weighted by Crippen LogP contribution is -2.37. The zero-order chi connectivity index (χ0) is 14.3. The second-order valence-corrected chi connectivity index (χ2v) is 6.20. The number of thioether (sulfide) groups is 1. The topological polar surface area (TPSA) is 23.5 Å². The molecule has 1 aromatic rings. The summed E-state index contributed by atoms with van der Waals surface area (Å²) < 4.78 is 0. The monoisotopic (exact) mass is 281 g/mol. The molecule has 0 aliphatic carbocycles. The first kappa shape index (κ1) is 16.5. The third kappa shape index (κ3) is 5.17. The van der Waals surface area contributed by atoms with Gasteiger partial charge in [-0.1, -0.05) is 44.2 Å². The van der Waals surface area contributed by atoms with Crippen LogP contribution in [-0.4, -0.2) is 41.6 Å². The number of hydrogen-bond acceptors (Lipinski definition) is 3. The average Bonchev–Trinajstić information content (AvgIpc) is 2.44. The maximum atomic E-state index is 10.4. The molecule has 0 amide bonds. The molecule has 19 heavy (non-hydrogen) atoms. The quantitative estimate of drug-likeness (QED) is 0.789. The van der Waals surface area contributed by atoms with Gasteiger partial charge in [0.2, 0.25) is 0 Å². The van der Waals surface area contributed by atoms with Crippen molar-refractivity contribution in [1.29, 1.82) is 0 Å². The molecule has 1 aromatic carbocycles. The Bertz CT molecular complexity index is 344. The first-order chi connectivity index (χ1) is 9.10. The lowest BCUT2D eigenvalue weighted by atomic mass is 9.96. The molecule has 1 N–H and O–H groups in total. The van der Waals surface area contributed by atoms with Gasteiger partial charge in [-0.2, -0.15) is 11.8 Å². The van der Waals surface area contributed by atoms with E-state index in [2.05, 4.69) is 32.1 Å². The predicted molar refractivity (Wildman–Crippen MR) is 85.7 cm³/mol. The van der Waals surface area contributed by atoms with E-state index in [1.165, 1.54) is 0 Å². The fraction of sp³-hybridized carbons (Fsp3) is 0.625. The molecule has 108 valence electrons. The van der Waals surface area contributed by atoms with Crippen molar-refractivity contribution in [2.75, 3.05) is 25.6 Å². The summed E-state index contributed by atoms with van der Waals surface area (Å²) in [5.74, 6) is 1.39. The fourth-order valence-corrected chi connectivity index (χ4v) is 3.31. The zero-order valence-corrected chi connectivity index (χ0v) is 13.4. The highest BCUT2D eigenvalue weighted by Crippen LogP contribution is 2.23. The fourth-order valence-electron chi connectivity index (χ4n) is 2.43. The molecule has 0 fully saturated rings. The van der Waals surface area contributed by atoms with Crippen molar-refractivity contribution in [3.05, 3.63) is 35.9 Å². The van der Waals surface area contributed by atoms with Gasteiger partial charge in [0.15, 0.2) is 0 Å². The molecule has 0 aliphatic rings. The van der Waals surface area contributed by atoms with Crippen LogP contribution in [0.3, 0.4) is 0 Å². The van der Waals surface area contributed by atoms with Crippen LogP contribution in [0.2, 0.25) is 0 Å². The number of hydrogen-bond donors (Lipinski definition) is 1. The normalized spacial score (nSPS) is 16.3. The predicted octanol–water partition coefficient (Wildman–Crippen LogP) is 3.43. The van der Waals surface area contributed by atoms with E-state index in [0.29, 0.717) is 6.04 Å². The largest absolute Gasteiger partial charge is 0.388 e. The van der Waals surface area contributed by atoms with Crippen LogP contribution in [-0.2, 0) is 0 Å². The van der Waals surface area contributed by atoms with Crippen molar-refractivity contribution in [3.63, 3.8) is 0 Å². The molecular weight excluding hydrogens is 254 g/mol. The Labute approximate surface area is 122 Å². The minimum Gasteiger partial charge on any atom is -0.388 e. The van der Waals surface area contributed by atoms with Gasteiger partial charge in [-0.05, 0) is 31.2 Å². The maximum Gasteiger partial charge on any atom is 0.0827 e. The van der Waals surface area contributed by atoms with Gasteiger partial charge in [-0.25, -0.2) is 0 Å². The molecule has 0 saturated carbocycles. The Morgan fingerprint density at radius 1 is 1.26 bits per heavy atom. The minimum atomic E-state index is -0.379. The van der Waals surface area contributed by atoms with E-state index in [-0.39, 0.29) is 12.0 Å². The number of aliphatic hydroxyl groups excluding tert-OH is 1. The van der Waals surface area contributed by atoms with Crippen LogP contribution < -0.4 is 0 Å². The molecule has 1 rings (SSSR count). The van der Waals surface area contributed by atoms with Crippen molar-refractivity contribution in [3.8, 4) is 0 Å². The van der Waals surface area contributed by atoms with E-state index in [9.17, 15) is 5.11 Å². The number of benzene rings is 1. The Hall–Kier alpha value is -0.510. The van der Waals surface area contributed by atoms with E-state index in [1.807, 2.05) is 42.1 Å². The number of rotatable bonds is 8. The summed E-state index contributed by atoms with van der Waals surface area (Å²) in [6.45, 7) is 5.28. The summed E-state index contributed by atoms with van der Waals surface area (Å²) >= 11 is 1.89. The highest BCUT2D eigenvalue weighted by molar-refractivity contribution is 7.98. The maximum absolute atomic E-state index is 10.4. The molecule has 3 atom stereocenters. The van der Waals surface area contributed by atoms with Crippen LogP contribution >= 0.6 is 11.8 Å². The Balaban J connectivity index is 2.56. The second kappa shape index (κ2) is 8.62. The lowest BCUT2D eigenvalue weighted by molar-refractivity contribution is 0.0857. The average molecular weight is 281 g/mol. The van der Waals surface area contributed by atoms with E-state index in [4.69, 9.17) is 0 Å². The van der Waals surface area contributed by atoms with E-state index in [0.717, 1.165) is 24.3 Å². The Morgan fingerprint density at radius 3 is 2.42 bits per heavy atom. The molecule has 0 bridgehead atoms. The van der Waals surface area contributed by atoms with E-state index in [1.54, 1.807) is 0 Å². The summed E-state index contributed by atoms with van der Waals surface area (Å²) in [4.78, 5) is 2.38. The summed E-state index contributed by atoms with van der Waals surface area (Å²) in [5.41, 5.74) is 1.02. The Kier molecular flexibility index (Phi) is 7.51. The molecule has 3 unspecified atom stereocenters. The van der Waals surface area contributed by atoms with Crippen molar-refractivity contribution in [2.45, 2.75) is 32.4 Å². The van der Waals surface area contributed by atoms with E-state index < -0.39 is 0 Å². The molecule has 0 aliphatic heterocycles. The SMILES string of the molecule is CCC(CSC)N(C)CC(C)C(O)c1ccccc1. The number of aliphatic hydroxyl groups is 1. The third-order valence-electron chi connectivity index (χ3n) is 3.71. The molecule has 0 aromatic heterocycles. The molecule has 0 saturated heterocycles. The van der Waals surface area contributed by atoms with Crippen LogP contribution in [0.4, 0.5) is 0 Å². The van der Waals surface area contributed by atoms with Crippen LogP contribution in [0.5, 0.6) is 0 Å². The summed E-state index contributed by atoms with van der Waals surface area (Å²) in [5, 5.41) is 10.4. The second-order valence-electron chi connectivity index (χ2n) is 5.29. The van der Waals surface area contributed by atoms with Gasteiger partial charge < -0.3 is 10.0 Å². The van der Waals surface area contributed by atoms with Crippen molar-refractivity contribution in [1.82, 2.24) is 4.90 Å². The highest BCUT2D eigenvalue weighted by Gasteiger charge is 2.20. The van der Waals surface area contributed by atoms with Gasteiger partial charge >= 0.3 is 0 Å². The minimum absolute atomic E-state index is 0.239. The molecule has 0 heterocycles. The van der Waals surface area contributed by atoms with Gasteiger partial charge in [-0.3, -0.25) is 0 Å². The first-order valence-electron chi connectivity index (χ1n) is 7.02.